The first-order valence-corrected chi connectivity index (χ1v) is 23.3. The predicted octanol–water partition coefficient (Wildman–Crippen LogP) is 16.9. The third-order valence-corrected chi connectivity index (χ3v) is 13.0. The van der Waals surface area contributed by atoms with Gasteiger partial charge in [-0.15, -0.1) is 23.8 Å². The molecule has 0 fully saturated rings. The van der Waals surface area contributed by atoms with Crippen molar-refractivity contribution in [2.24, 2.45) is 0 Å². The quantitative estimate of drug-likeness (QED) is 0.147. The largest absolute Gasteiger partial charge is 0.507 e. The molecule has 0 saturated carbocycles. The number of nitrogens with zero attached hydrogens (tertiary/aromatic N) is 3. The van der Waals surface area contributed by atoms with Crippen LogP contribution in [-0.4, -0.2) is 19.6 Å². The molecule has 1 N–H and O–H groups in total. The number of hydrogen-bond acceptors (Lipinski definition) is 3. The molecule has 5 heteroatoms. The van der Waals surface area contributed by atoms with Gasteiger partial charge in [0.15, 0.2) is 0 Å². The topological polar surface area (TPSA) is 50.9 Å². The standard InChI is InChI=1S/C65H50N3O.Pt/c1-43-37-61(58(48-21-12-7-13-22-48)42-57(43)49-31-33-54(34-32-49)65(2,3)4)68-60-25-16-24-55(63(60)67-64(68)56-23-14-15-26-62(56)69)52-38-51(45-19-10-6-11-20-45)39-53(40-52)59-41-50(35-36-66-59)47-29-27-46(28-30-47)44-17-8-5-9-18-44;/h5-39,41-42,69H,1-4H3;/q-1;/i1D3;. The number of rotatable bonds is 9. The van der Waals surface area contributed by atoms with Crippen LogP contribution in [0.5, 0.6) is 5.75 Å². The first-order chi connectivity index (χ1) is 34.9. The van der Waals surface area contributed by atoms with Crippen molar-refractivity contribution < 1.29 is 30.3 Å². The second-order valence-electron chi connectivity index (χ2n) is 18.5. The average Bonchev–Trinajstić information content (AvgIpc) is 3.80. The molecule has 11 rings (SSSR count). The number of phenolic OH excluding ortho intramolecular Hbond substituents is 1. The average molecular weight is 1090 g/mol. The van der Waals surface area contributed by atoms with Gasteiger partial charge in [0.1, 0.15) is 11.6 Å². The van der Waals surface area contributed by atoms with Crippen LogP contribution in [0.4, 0.5) is 0 Å². The molecular weight excluding hydrogens is 1030 g/mol. The molecule has 0 radical (unpaired) electrons. The third-order valence-electron chi connectivity index (χ3n) is 13.0. The first-order valence-electron chi connectivity index (χ1n) is 24.8. The van der Waals surface area contributed by atoms with Crippen molar-refractivity contribution in [1.29, 1.82) is 0 Å². The molecule has 9 aromatic carbocycles. The summed E-state index contributed by atoms with van der Waals surface area (Å²) in [5.41, 5.74) is 16.5. The van der Waals surface area contributed by atoms with Gasteiger partial charge in [0.25, 0.3) is 0 Å². The molecule has 11 aromatic rings. The Balaban J connectivity index is 0.00000611. The summed E-state index contributed by atoms with van der Waals surface area (Å²) < 4.78 is 29.0. The molecule has 0 saturated heterocycles. The zero-order valence-electron chi connectivity index (χ0n) is 42.0. The Bertz CT molecular complexity index is 3750. The van der Waals surface area contributed by atoms with Crippen LogP contribution in [0.1, 0.15) is 36.0 Å². The molecule has 0 bridgehead atoms. The van der Waals surface area contributed by atoms with Gasteiger partial charge in [-0.2, -0.15) is 0 Å². The summed E-state index contributed by atoms with van der Waals surface area (Å²) in [7, 11) is 0. The van der Waals surface area contributed by atoms with Crippen LogP contribution in [-0.2, 0) is 26.5 Å². The van der Waals surface area contributed by atoms with E-state index in [1.54, 1.807) is 18.2 Å². The van der Waals surface area contributed by atoms with Crippen molar-refractivity contribution >= 4 is 11.0 Å². The van der Waals surface area contributed by atoms with Crippen LogP contribution in [0.3, 0.4) is 0 Å². The van der Waals surface area contributed by atoms with Crippen molar-refractivity contribution in [2.45, 2.75) is 33.0 Å². The number of para-hydroxylation sites is 2. The molecule has 342 valence electrons. The second kappa shape index (κ2) is 19.2. The number of aromatic nitrogens is 3. The van der Waals surface area contributed by atoms with Crippen molar-refractivity contribution in [1.82, 2.24) is 14.5 Å². The SMILES string of the molecule is [2H]C([2H])([2H])c1cc(-n2c(-c3ccccc3O)nc3c(-c4[c-]c(-c5cc(-c6ccc(-c7ccccc7)cc6)ccn5)cc(-c5ccccc5)c4)cccc32)c(-c2ccccc2)cc1-c1ccc(C(C)(C)C)cc1.[Pt]. The predicted molar refractivity (Wildman–Crippen MR) is 286 cm³/mol. The maximum Gasteiger partial charge on any atom is 0.148 e. The minimum atomic E-state index is -2.49. The summed E-state index contributed by atoms with van der Waals surface area (Å²) in [6.07, 6.45) is 1.85. The van der Waals surface area contributed by atoms with Gasteiger partial charge in [-0.05, 0) is 104 Å². The summed E-state index contributed by atoms with van der Waals surface area (Å²) in [6, 6.07) is 76.7. The molecule has 2 aromatic heterocycles. The Morgan fingerprint density at radius 3 is 1.70 bits per heavy atom. The zero-order valence-corrected chi connectivity index (χ0v) is 41.2. The monoisotopic (exact) mass is 1090 g/mol. The number of imidazole rings is 1. The summed E-state index contributed by atoms with van der Waals surface area (Å²) in [4.78, 5) is 10.4. The molecule has 0 aliphatic carbocycles. The van der Waals surface area contributed by atoms with Gasteiger partial charge in [0, 0.05) is 42.6 Å². The van der Waals surface area contributed by atoms with Gasteiger partial charge in [0.05, 0.1) is 22.3 Å². The fourth-order valence-electron chi connectivity index (χ4n) is 9.31. The third kappa shape index (κ3) is 8.95. The van der Waals surface area contributed by atoms with Crippen LogP contribution < -0.4 is 0 Å². The maximum atomic E-state index is 11.6. The normalized spacial score (nSPS) is 12.2. The van der Waals surface area contributed by atoms with E-state index in [0.29, 0.717) is 28.2 Å². The van der Waals surface area contributed by atoms with Crippen LogP contribution in [0.25, 0.3) is 106 Å². The summed E-state index contributed by atoms with van der Waals surface area (Å²) in [6.45, 7) is 4.02. The number of fused-ring (bicyclic) bond motifs is 1. The fourth-order valence-corrected chi connectivity index (χ4v) is 9.31. The molecule has 0 amide bonds. The van der Waals surface area contributed by atoms with Crippen molar-refractivity contribution in [3.63, 3.8) is 0 Å². The van der Waals surface area contributed by atoms with Gasteiger partial charge in [0.2, 0.25) is 0 Å². The molecule has 0 atom stereocenters. The van der Waals surface area contributed by atoms with E-state index in [2.05, 4.69) is 118 Å². The number of aromatic hydroxyl groups is 1. The first kappa shape index (κ1) is 42.2. The van der Waals surface area contributed by atoms with E-state index in [1.807, 2.05) is 120 Å². The molecule has 0 spiro atoms. The van der Waals surface area contributed by atoms with Crippen LogP contribution in [0, 0.1) is 12.9 Å². The van der Waals surface area contributed by atoms with E-state index in [0.717, 1.165) is 78.0 Å². The van der Waals surface area contributed by atoms with Gasteiger partial charge in [-0.1, -0.05) is 207 Å². The van der Waals surface area contributed by atoms with Crippen molar-refractivity contribution in [3.05, 3.63) is 242 Å². The molecule has 70 heavy (non-hydrogen) atoms. The van der Waals surface area contributed by atoms with E-state index >= 15 is 0 Å². The van der Waals surface area contributed by atoms with Crippen LogP contribution in [0.15, 0.2) is 225 Å². The van der Waals surface area contributed by atoms with Crippen LogP contribution in [0.2, 0.25) is 0 Å². The Hall–Kier alpha value is -7.91. The number of benzene rings is 9. The fraction of sp³-hybridized carbons (Fsp3) is 0.0769. The van der Waals surface area contributed by atoms with E-state index in [9.17, 15) is 5.11 Å². The Morgan fingerprint density at radius 1 is 0.486 bits per heavy atom. The maximum absolute atomic E-state index is 11.6. The van der Waals surface area contributed by atoms with Gasteiger partial charge in [-0.3, -0.25) is 9.55 Å². The Labute approximate surface area is 429 Å². The van der Waals surface area contributed by atoms with Gasteiger partial charge in [-0.25, -0.2) is 4.98 Å². The molecular formula is C65H50N3OPt-. The number of phenols is 1. The van der Waals surface area contributed by atoms with E-state index in [1.165, 1.54) is 5.56 Å². The van der Waals surface area contributed by atoms with Gasteiger partial charge < -0.3 is 5.11 Å². The number of pyridine rings is 1. The summed E-state index contributed by atoms with van der Waals surface area (Å²) in [5, 5.41) is 11.6. The summed E-state index contributed by atoms with van der Waals surface area (Å²) in [5.74, 6) is 0.502. The van der Waals surface area contributed by atoms with Crippen molar-refractivity contribution in [3.8, 4) is 101 Å². The van der Waals surface area contributed by atoms with Gasteiger partial charge >= 0.3 is 0 Å². The molecule has 0 unspecified atom stereocenters. The minimum Gasteiger partial charge on any atom is -0.507 e. The molecule has 2 heterocycles. The molecule has 0 aliphatic heterocycles. The number of hydrogen-bond donors (Lipinski definition) is 1. The van der Waals surface area contributed by atoms with E-state index < -0.39 is 6.85 Å². The molecule has 4 nitrogen and oxygen atoms in total. The van der Waals surface area contributed by atoms with E-state index in [4.69, 9.17) is 14.1 Å². The zero-order chi connectivity index (χ0) is 49.6. The van der Waals surface area contributed by atoms with Crippen molar-refractivity contribution in [2.75, 3.05) is 0 Å². The van der Waals surface area contributed by atoms with Crippen LogP contribution >= 0.6 is 0 Å². The minimum absolute atomic E-state index is 0. The second-order valence-corrected chi connectivity index (χ2v) is 18.5. The number of aryl methyl sites for hydroxylation is 1. The summed E-state index contributed by atoms with van der Waals surface area (Å²) >= 11 is 0. The smallest absolute Gasteiger partial charge is 0.148 e. The Kier molecular flexibility index (Phi) is 11.6. The molecule has 0 aliphatic rings. The van der Waals surface area contributed by atoms with E-state index in [-0.39, 0.29) is 37.8 Å². The Morgan fingerprint density at radius 2 is 1.04 bits per heavy atom.